The SMILES string of the molecule is O=C1c2cn(C/C(=C/F)CN3C(=O)c4ccccc4C3O)nc2CCN1C1CC1. The zero-order chi connectivity index (χ0) is 20.1. The fraction of sp³-hybridized carbons (Fsp3) is 0.381. The summed E-state index contributed by atoms with van der Waals surface area (Å²) in [6, 6.07) is 7.17. The molecule has 5 rings (SSSR count). The van der Waals surface area contributed by atoms with Crippen molar-refractivity contribution in [1.29, 1.82) is 0 Å². The van der Waals surface area contributed by atoms with Crippen LogP contribution in [0.2, 0.25) is 0 Å². The predicted molar refractivity (Wildman–Crippen MR) is 102 cm³/mol. The highest BCUT2D eigenvalue weighted by Crippen LogP contribution is 2.33. The standard InChI is InChI=1S/C21H21FN4O3/c22-9-13(11-26-19(27)15-3-1-2-4-16(15)20(26)28)10-24-12-17-18(23-24)7-8-25(21(17)29)14-5-6-14/h1-4,9,12,14,19,27H,5-8,10-11H2/b13-9-. The third-order valence-electron chi connectivity index (χ3n) is 5.82. The molecule has 0 spiro atoms. The second-order valence-electron chi connectivity index (χ2n) is 7.83. The van der Waals surface area contributed by atoms with Crippen molar-refractivity contribution in [1.82, 2.24) is 19.6 Å². The van der Waals surface area contributed by atoms with Gasteiger partial charge in [-0.15, -0.1) is 0 Å². The molecule has 1 saturated carbocycles. The molecule has 1 aromatic carbocycles. The summed E-state index contributed by atoms with van der Waals surface area (Å²) in [7, 11) is 0. The van der Waals surface area contributed by atoms with Crippen LogP contribution in [-0.2, 0) is 13.0 Å². The molecular weight excluding hydrogens is 375 g/mol. The predicted octanol–water partition coefficient (Wildman–Crippen LogP) is 2.04. The smallest absolute Gasteiger partial charge is 0.257 e. The lowest BCUT2D eigenvalue weighted by Gasteiger charge is -2.25. The fourth-order valence-electron chi connectivity index (χ4n) is 4.18. The molecule has 1 fully saturated rings. The molecule has 2 aliphatic heterocycles. The highest BCUT2D eigenvalue weighted by Gasteiger charge is 2.38. The molecule has 150 valence electrons. The number of aromatic nitrogens is 2. The zero-order valence-electron chi connectivity index (χ0n) is 15.8. The minimum Gasteiger partial charge on any atom is -0.369 e. The molecule has 2 amide bonds. The van der Waals surface area contributed by atoms with Gasteiger partial charge in [0.2, 0.25) is 0 Å². The minimum atomic E-state index is -1.10. The number of carbonyl (C=O) groups is 2. The van der Waals surface area contributed by atoms with Crippen LogP contribution in [0.1, 0.15) is 51.0 Å². The van der Waals surface area contributed by atoms with Gasteiger partial charge in [-0.1, -0.05) is 18.2 Å². The summed E-state index contributed by atoms with van der Waals surface area (Å²) >= 11 is 0. The first-order chi connectivity index (χ1) is 14.1. The van der Waals surface area contributed by atoms with Crippen molar-refractivity contribution in [3.05, 3.63) is 64.7 Å². The van der Waals surface area contributed by atoms with Gasteiger partial charge in [0.15, 0.2) is 6.23 Å². The Morgan fingerprint density at radius 3 is 2.69 bits per heavy atom. The molecule has 0 saturated heterocycles. The van der Waals surface area contributed by atoms with Gasteiger partial charge in [-0.05, 0) is 24.5 Å². The van der Waals surface area contributed by atoms with Gasteiger partial charge in [0.05, 0.1) is 24.1 Å². The first-order valence-electron chi connectivity index (χ1n) is 9.80. The van der Waals surface area contributed by atoms with Crippen molar-refractivity contribution in [2.24, 2.45) is 0 Å². The number of rotatable bonds is 5. The van der Waals surface area contributed by atoms with E-state index in [-0.39, 0.29) is 30.5 Å². The Morgan fingerprint density at radius 1 is 1.17 bits per heavy atom. The molecule has 2 aromatic rings. The first kappa shape index (κ1) is 18.1. The van der Waals surface area contributed by atoms with E-state index in [4.69, 9.17) is 0 Å². The number of aliphatic hydroxyl groups is 1. The first-order valence-corrected chi connectivity index (χ1v) is 9.80. The van der Waals surface area contributed by atoms with Crippen LogP contribution in [0.15, 0.2) is 42.4 Å². The Labute approximate surface area is 167 Å². The van der Waals surface area contributed by atoms with Crippen molar-refractivity contribution < 1.29 is 19.1 Å². The third-order valence-corrected chi connectivity index (χ3v) is 5.82. The maximum atomic E-state index is 13.6. The van der Waals surface area contributed by atoms with Crippen LogP contribution in [0.4, 0.5) is 4.39 Å². The molecule has 0 radical (unpaired) electrons. The number of hydrogen-bond donors (Lipinski definition) is 1. The lowest BCUT2D eigenvalue weighted by atomic mass is 10.1. The summed E-state index contributed by atoms with van der Waals surface area (Å²) in [5.74, 6) is -0.339. The van der Waals surface area contributed by atoms with E-state index in [1.165, 1.54) is 4.90 Å². The highest BCUT2D eigenvalue weighted by molar-refractivity contribution is 5.99. The van der Waals surface area contributed by atoms with E-state index in [1.807, 2.05) is 4.90 Å². The monoisotopic (exact) mass is 396 g/mol. The number of aliphatic hydroxyl groups excluding tert-OH is 1. The van der Waals surface area contributed by atoms with E-state index in [2.05, 4.69) is 5.10 Å². The number of carbonyl (C=O) groups excluding carboxylic acids is 2. The Kier molecular flexibility index (Phi) is 4.24. The number of fused-ring (bicyclic) bond motifs is 2. The van der Waals surface area contributed by atoms with Gasteiger partial charge in [-0.3, -0.25) is 14.3 Å². The maximum Gasteiger partial charge on any atom is 0.257 e. The highest BCUT2D eigenvalue weighted by atomic mass is 19.1. The van der Waals surface area contributed by atoms with E-state index >= 15 is 0 Å². The number of nitrogens with zero attached hydrogens (tertiary/aromatic N) is 4. The molecule has 1 aliphatic carbocycles. The maximum absolute atomic E-state index is 13.6. The van der Waals surface area contributed by atoms with Crippen LogP contribution >= 0.6 is 0 Å². The van der Waals surface area contributed by atoms with E-state index in [9.17, 15) is 19.1 Å². The van der Waals surface area contributed by atoms with Crippen LogP contribution in [0.25, 0.3) is 0 Å². The molecule has 8 heteroatoms. The summed E-state index contributed by atoms with van der Waals surface area (Å²) in [6.45, 7) is 0.719. The molecule has 7 nitrogen and oxygen atoms in total. The van der Waals surface area contributed by atoms with Crippen molar-refractivity contribution in [2.45, 2.75) is 38.1 Å². The van der Waals surface area contributed by atoms with Gasteiger partial charge in [0.1, 0.15) is 0 Å². The van der Waals surface area contributed by atoms with Gasteiger partial charge < -0.3 is 14.9 Å². The Balaban J connectivity index is 1.31. The van der Waals surface area contributed by atoms with Crippen LogP contribution in [-0.4, -0.2) is 55.6 Å². The van der Waals surface area contributed by atoms with Gasteiger partial charge in [0, 0.05) is 42.9 Å². The van der Waals surface area contributed by atoms with Gasteiger partial charge in [0.25, 0.3) is 11.8 Å². The summed E-state index contributed by atoms with van der Waals surface area (Å²) in [5, 5.41) is 14.9. The fourth-order valence-corrected chi connectivity index (χ4v) is 4.18. The summed E-state index contributed by atoms with van der Waals surface area (Å²) < 4.78 is 15.2. The Morgan fingerprint density at radius 2 is 1.97 bits per heavy atom. The average Bonchev–Trinajstić information content (AvgIpc) is 3.44. The molecule has 29 heavy (non-hydrogen) atoms. The quantitative estimate of drug-likeness (QED) is 0.839. The van der Waals surface area contributed by atoms with E-state index in [0.29, 0.717) is 42.0 Å². The van der Waals surface area contributed by atoms with Crippen LogP contribution in [0, 0.1) is 0 Å². The van der Waals surface area contributed by atoms with Gasteiger partial charge >= 0.3 is 0 Å². The number of halogens is 1. The molecule has 1 aromatic heterocycles. The second kappa shape index (κ2) is 6.81. The molecule has 1 N–H and O–H groups in total. The lowest BCUT2D eigenvalue weighted by molar-refractivity contribution is 0.0214. The molecule has 3 aliphatic rings. The van der Waals surface area contributed by atoms with Gasteiger partial charge in [-0.2, -0.15) is 5.10 Å². The van der Waals surface area contributed by atoms with Gasteiger partial charge in [-0.25, -0.2) is 4.39 Å². The molecule has 0 bridgehead atoms. The van der Waals surface area contributed by atoms with E-state index in [1.54, 1.807) is 35.1 Å². The van der Waals surface area contributed by atoms with Crippen molar-refractivity contribution in [3.8, 4) is 0 Å². The Hall–Kier alpha value is -3.00. The van der Waals surface area contributed by atoms with Crippen molar-refractivity contribution >= 4 is 11.8 Å². The summed E-state index contributed by atoms with van der Waals surface area (Å²) in [5.41, 5.74) is 2.55. The number of hydrogen-bond acceptors (Lipinski definition) is 4. The van der Waals surface area contributed by atoms with E-state index in [0.717, 1.165) is 18.5 Å². The molecular formula is C21H21FN4O3. The van der Waals surface area contributed by atoms with Crippen LogP contribution < -0.4 is 0 Å². The molecule has 1 atom stereocenters. The van der Waals surface area contributed by atoms with Crippen LogP contribution in [0.5, 0.6) is 0 Å². The molecule has 3 heterocycles. The Bertz CT molecular complexity index is 1030. The normalized spacial score (nSPS) is 21.6. The van der Waals surface area contributed by atoms with Crippen molar-refractivity contribution in [3.63, 3.8) is 0 Å². The number of amides is 2. The van der Waals surface area contributed by atoms with Crippen LogP contribution in [0.3, 0.4) is 0 Å². The topological polar surface area (TPSA) is 78.7 Å². The van der Waals surface area contributed by atoms with E-state index < -0.39 is 6.23 Å². The minimum absolute atomic E-state index is 0.00799. The second-order valence-corrected chi connectivity index (χ2v) is 7.83. The third kappa shape index (κ3) is 3.04. The van der Waals surface area contributed by atoms with Crippen molar-refractivity contribution in [2.75, 3.05) is 13.1 Å². The molecule has 1 unspecified atom stereocenters. The largest absolute Gasteiger partial charge is 0.369 e. The zero-order valence-corrected chi connectivity index (χ0v) is 15.8. The average molecular weight is 396 g/mol. The number of benzene rings is 1. The summed E-state index contributed by atoms with van der Waals surface area (Å²) in [4.78, 5) is 28.4. The summed E-state index contributed by atoms with van der Waals surface area (Å²) in [6.07, 6.45) is 3.80. The lowest BCUT2D eigenvalue weighted by Crippen LogP contribution is -2.38.